The van der Waals surface area contributed by atoms with Crippen molar-refractivity contribution in [1.29, 1.82) is 0 Å². The zero-order chi connectivity index (χ0) is 21.1. The van der Waals surface area contributed by atoms with Crippen molar-refractivity contribution in [2.45, 2.75) is 43.5 Å². The van der Waals surface area contributed by atoms with Gasteiger partial charge in [0.1, 0.15) is 12.3 Å². The molecule has 0 aliphatic heterocycles. The van der Waals surface area contributed by atoms with Gasteiger partial charge in [-0.2, -0.15) is 0 Å². The summed E-state index contributed by atoms with van der Waals surface area (Å²) in [6.07, 6.45) is 4.59. The van der Waals surface area contributed by atoms with E-state index in [0.717, 1.165) is 12.8 Å². The summed E-state index contributed by atoms with van der Waals surface area (Å²) in [4.78, 5) is 13.0. The SMILES string of the molecule is CCOc1ccc(S(=O)(=O)N(CC(=O)N[C@@H]2C[C@@H]3CC[C@@H]2C3)c2ccccc2)cc1. The third-order valence-corrected chi connectivity index (χ3v) is 7.93. The zero-order valence-corrected chi connectivity index (χ0v) is 18.0. The second-order valence-electron chi connectivity index (χ2n) is 8.10. The van der Waals surface area contributed by atoms with Crippen molar-refractivity contribution < 1.29 is 17.9 Å². The quantitative estimate of drug-likeness (QED) is 0.697. The molecule has 2 aliphatic rings. The Balaban J connectivity index is 1.55. The summed E-state index contributed by atoms with van der Waals surface area (Å²) in [6, 6.07) is 15.2. The predicted octanol–water partition coefficient (Wildman–Crippen LogP) is 3.59. The number of hydrogen-bond donors (Lipinski definition) is 1. The number of benzene rings is 2. The highest BCUT2D eigenvalue weighted by Gasteiger charge is 2.40. The minimum Gasteiger partial charge on any atom is -0.494 e. The van der Waals surface area contributed by atoms with Gasteiger partial charge < -0.3 is 10.1 Å². The van der Waals surface area contributed by atoms with Crippen LogP contribution in [0.2, 0.25) is 0 Å². The van der Waals surface area contributed by atoms with Crippen LogP contribution in [0.3, 0.4) is 0 Å². The highest BCUT2D eigenvalue weighted by Crippen LogP contribution is 2.44. The van der Waals surface area contributed by atoms with Crippen LogP contribution in [0.5, 0.6) is 5.75 Å². The fraction of sp³-hybridized carbons (Fsp3) is 0.435. The van der Waals surface area contributed by atoms with Crippen LogP contribution in [-0.4, -0.2) is 33.5 Å². The van der Waals surface area contributed by atoms with Crippen LogP contribution in [0.15, 0.2) is 59.5 Å². The van der Waals surface area contributed by atoms with Crippen molar-refractivity contribution in [2.24, 2.45) is 11.8 Å². The molecule has 0 spiro atoms. The lowest BCUT2D eigenvalue weighted by Gasteiger charge is -2.27. The number of carbonyl (C=O) groups is 1. The molecule has 160 valence electrons. The monoisotopic (exact) mass is 428 g/mol. The number of para-hydroxylation sites is 1. The molecule has 2 aromatic rings. The Morgan fingerprint density at radius 2 is 1.80 bits per heavy atom. The van der Waals surface area contributed by atoms with Gasteiger partial charge in [-0.15, -0.1) is 0 Å². The van der Waals surface area contributed by atoms with Crippen LogP contribution in [0.1, 0.15) is 32.6 Å². The van der Waals surface area contributed by atoms with Crippen LogP contribution in [0.4, 0.5) is 5.69 Å². The summed E-state index contributed by atoms with van der Waals surface area (Å²) in [6.45, 7) is 2.13. The van der Waals surface area contributed by atoms with Crippen LogP contribution in [-0.2, 0) is 14.8 Å². The van der Waals surface area contributed by atoms with Gasteiger partial charge in [0.2, 0.25) is 5.91 Å². The minimum absolute atomic E-state index is 0.127. The number of sulfonamides is 1. The van der Waals surface area contributed by atoms with Gasteiger partial charge in [0, 0.05) is 6.04 Å². The molecule has 6 nitrogen and oxygen atoms in total. The van der Waals surface area contributed by atoms with Crippen molar-refractivity contribution in [3.63, 3.8) is 0 Å². The second-order valence-corrected chi connectivity index (χ2v) is 9.96. The van der Waals surface area contributed by atoms with Gasteiger partial charge in [0.05, 0.1) is 17.2 Å². The number of carbonyl (C=O) groups excluding carboxylic acids is 1. The highest BCUT2D eigenvalue weighted by atomic mass is 32.2. The maximum atomic E-state index is 13.4. The molecule has 1 amide bonds. The first-order valence-electron chi connectivity index (χ1n) is 10.6. The maximum Gasteiger partial charge on any atom is 0.264 e. The third kappa shape index (κ3) is 4.31. The second kappa shape index (κ2) is 8.68. The van der Waals surface area contributed by atoms with Gasteiger partial charge in [-0.05, 0) is 74.4 Å². The Kier molecular flexibility index (Phi) is 5.99. The lowest BCUT2D eigenvalue weighted by atomic mass is 9.95. The topological polar surface area (TPSA) is 75.7 Å². The van der Waals surface area contributed by atoms with E-state index in [0.29, 0.717) is 29.9 Å². The summed E-state index contributed by atoms with van der Waals surface area (Å²) < 4.78 is 33.4. The molecule has 2 fully saturated rings. The first kappa shape index (κ1) is 20.7. The van der Waals surface area contributed by atoms with Gasteiger partial charge >= 0.3 is 0 Å². The number of amides is 1. The van der Waals surface area contributed by atoms with Gasteiger partial charge in [0.15, 0.2) is 0 Å². The number of ether oxygens (including phenoxy) is 1. The summed E-state index contributed by atoms with van der Waals surface area (Å²) in [7, 11) is -3.91. The summed E-state index contributed by atoms with van der Waals surface area (Å²) in [5, 5.41) is 3.09. The molecule has 2 saturated carbocycles. The van der Waals surface area contributed by atoms with Gasteiger partial charge in [0.25, 0.3) is 10.0 Å². The molecular formula is C23H28N2O4S. The molecule has 3 atom stereocenters. The average Bonchev–Trinajstić information content (AvgIpc) is 3.36. The molecule has 30 heavy (non-hydrogen) atoms. The van der Waals surface area contributed by atoms with E-state index < -0.39 is 10.0 Å². The Bertz CT molecular complexity index is 976. The number of anilines is 1. The summed E-state index contributed by atoms with van der Waals surface area (Å²) >= 11 is 0. The van der Waals surface area contributed by atoms with Crippen LogP contribution in [0, 0.1) is 11.8 Å². The van der Waals surface area contributed by atoms with E-state index in [-0.39, 0.29) is 23.4 Å². The number of nitrogens with one attached hydrogen (secondary N) is 1. The molecule has 7 heteroatoms. The van der Waals surface area contributed by atoms with E-state index in [1.165, 1.54) is 29.3 Å². The van der Waals surface area contributed by atoms with Gasteiger partial charge in [-0.3, -0.25) is 9.10 Å². The Hall–Kier alpha value is -2.54. The van der Waals surface area contributed by atoms with E-state index >= 15 is 0 Å². The largest absolute Gasteiger partial charge is 0.494 e. The lowest BCUT2D eigenvalue weighted by Crippen LogP contribution is -2.45. The molecule has 0 heterocycles. The van der Waals surface area contributed by atoms with Crippen LogP contribution >= 0.6 is 0 Å². The van der Waals surface area contributed by atoms with Crippen molar-refractivity contribution in [1.82, 2.24) is 5.32 Å². The van der Waals surface area contributed by atoms with E-state index in [1.807, 2.05) is 13.0 Å². The zero-order valence-electron chi connectivity index (χ0n) is 17.2. The molecule has 4 rings (SSSR count). The van der Waals surface area contributed by atoms with E-state index in [1.54, 1.807) is 36.4 Å². The summed E-state index contributed by atoms with van der Waals surface area (Å²) in [5.41, 5.74) is 0.467. The van der Waals surface area contributed by atoms with Crippen molar-refractivity contribution in [2.75, 3.05) is 17.5 Å². The number of fused-ring (bicyclic) bond motifs is 2. The average molecular weight is 429 g/mol. The first-order chi connectivity index (χ1) is 14.5. The van der Waals surface area contributed by atoms with Crippen molar-refractivity contribution in [3.05, 3.63) is 54.6 Å². The lowest BCUT2D eigenvalue weighted by molar-refractivity contribution is -0.120. The van der Waals surface area contributed by atoms with Crippen molar-refractivity contribution >= 4 is 21.6 Å². The van der Waals surface area contributed by atoms with Gasteiger partial charge in [-0.1, -0.05) is 24.6 Å². The van der Waals surface area contributed by atoms with E-state index in [2.05, 4.69) is 5.32 Å². The molecule has 1 N–H and O–H groups in total. The van der Waals surface area contributed by atoms with E-state index in [4.69, 9.17) is 4.74 Å². The van der Waals surface area contributed by atoms with Crippen LogP contribution in [0.25, 0.3) is 0 Å². The fourth-order valence-corrected chi connectivity index (χ4v) is 6.14. The number of nitrogens with zero attached hydrogens (tertiary/aromatic N) is 1. The standard InChI is InChI=1S/C23H28N2O4S/c1-2-29-20-10-12-21(13-11-20)30(27,28)25(19-6-4-3-5-7-19)16-23(26)24-22-15-17-8-9-18(22)14-17/h3-7,10-13,17-18,22H,2,8-9,14-16H2,1H3,(H,24,26)/t17-,18-,22-/m1/s1. The fourth-order valence-electron chi connectivity index (χ4n) is 4.72. The molecular weight excluding hydrogens is 400 g/mol. The number of hydrogen-bond acceptors (Lipinski definition) is 4. The normalized spacial score (nSPS) is 22.6. The van der Waals surface area contributed by atoms with E-state index in [9.17, 15) is 13.2 Å². The Labute approximate surface area is 178 Å². The Morgan fingerprint density at radius 3 is 2.40 bits per heavy atom. The first-order valence-corrected chi connectivity index (χ1v) is 12.0. The smallest absolute Gasteiger partial charge is 0.264 e. The van der Waals surface area contributed by atoms with Gasteiger partial charge in [-0.25, -0.2) is 8.42 Å². The minimum atomic E-state index is -3.91. The number of rotatable bonds is 8. The summed E-state index contributed by atoms with van der Waals surface area (Å²) in [5.74, 6) is 1.59. The molecule has 0 aromatic heterocycles. The predicted molar refractivity (Wildman–Crippen MR) is 116 cm³/mol. The maximum absolute atomic E-state index is 13.4. The molecule has 0 saturated heterocycles. The van der Waals surface area contributed by atoms with Crippen molar-refractivity contribution in [3.8, 4) is 5.75 Å². The molecule has 2 aliphatic carbocycles. The third-order valence-electron chi connectivity index (χ3n) is 6.14. The molecule has 2 bridgehead atoms. The highest BCUT2D eigenvalue weighted by molar-refractivity contribution is 7.92. The molecule has 0 radical (unpaired) electrons. The molecule has 2 aromatic carbocycles. The molecule has 0 unspecified atom stereocenters. The van der Waals surface area contributed by atoms with Crippen LogP contribution < -0.4 is 14.4 Å². The Morgan fingerprint density at radius 1 is 1.07 bits per heavy atom.